The Morgan fingerprint density at radius 2 is 1.79 bits per heavy atom. The first-order valence-corrected chi connectivity index (χ1v) is 10.3. The van der Waals surface area contributed by atoms with Gasteiger partial charge in [-0.15, -0.1) is 0 Å². The van der Waals surface area contributed by atoms with Crippen molar-refractivity contribution in [2.24, 2.45) is 7.05 Å². The van der Waals surface area contributed by atoms with Crippen molar-refractivity contribution >= 4 is 22.6 Å². The van der Waals surface area contributed by atoms with Gasteiger partial charge < -0.3 is 6.41 Å². The van der Waals surface area contributed by atoms with Gasteiger partial charge in [0.15, 0.2) is 5.82 Å². The molecule has 0 saturated heterocycles. The predicted octanol–water partition coefficient (Wildman–Crippen LogP) is 4.16. The number of rotatable bonds is 2. The summed E-state index contributed by atoms with van der Waals surface area (Å²) in [5.41, 5.74) is 1.58. The number of nitrogens with zero attached hydrogens (tertiary/aromatic N) is 3. The number of aromatic nitrogens is 4. The molecule has 0 aliphatic rings. The topological polar surface area (TPSA) is 46.5 Å². The minimum atomic E-state index is -4.72. The van der Waals surface area contributed by atoms with Crippen molar-refractivity contribution in [3.8, 4) is 22.6 Å². The summed E-state index contributed by atoms with van der Waals surface area (Å²) >= 11 is 6.38. The van der Waals surface area contributed by atoms with Gasteiger partial charge in [0.05, 0.1) is 21.8 Å². The van der Waals surface area contributed by atoms with E-state index in [9.17, 15) is 17.6 Å². The SMILES string of the molecule is Cc1c(C(C)(C)C)nn(C)c1-c1nc2c(Cl)cc(-c3c(F)cccc3C(F)(F)F)cc2[nH]1.[H-].[Na+]. The molecule has 4 nitrogen and oxygen atoms in total. The van der Waals surface area contributed by atoms with Gasteiger partial charge in [-0.25, -0.2) is 9.37 Å². The van der Waals surface area contributed by atoms with Gasteiger partial charge in [0.2, 0.25) is 0 Å². The van der Waals surface area contributed by atoms with Crippen molar-refractivity contribution in [2.75, 3.05) is 0 Å². The van der Waals surface area contributed by atoms with Crippen molar-refractivity contribution in [3.63, 3.8) is 0 Å². The molecule has 33 heavy (non-hydrogen) atoms. The van der Waals surface area contributed by atoms with Crippen molar-refractivity contribution in [3.05, 3.63) is 58.0 Å². The average Bonchev–Trinajstić information content (AvgIpc) is 3.21. The van der Waals surface area contributed by atoms with Gasteiger partial charge in [0.25, 0.3) is 0 Å². The molecule has 170 valence electrons. The van der Waals surface area contributed by atoms with E-state index < -0.39 is 23.1 Å². The molecule has 0 bridgehead atoms. The zero-order valence-corrected chi connectivity index (χ0v) is 21.9. The van der Waals surface area contributed by atoms with Gasteiger partial charge in [-0.1, -0.05) is 38.4 Å². The van der Waals surface area contributed by atoms with E-state index >= 15 is 0 Å². The number of hydrogen-bond donors (Lipinski definition) is 1. The zero-order chi connectivity index (χ0) is 23.6. The number of aryl methyl sites for hydroxylation is 1. The molecule has 0 fully saturated rings. The van der Waals surface area contributed by atoms with Crippen LogP contribution in [0.4, 0.5) is 17.6 Å². The van der Waals surface area contributed by atoms with Gasteiger partial charge in [-0.3, -0.25) is 4.68 Å². The van der Waals surface area contributed by atoms with Crippen LogP contribution < -0.4 is 29.6 Å². The number of halogens is 5. The van der Waals surface area contributed by atoms with E-state index in [-0.39, 0.29) is 47.0 Å². The molecule has 4 aromatic rings. The normalized spacial score (nSPS) is 12.3. The number of H-pyrrole nitrogens is 1. The second-order valence-corrected chi connectivity index (χ2v) is 9.20. The quantitative estimate of drug-likeness (QED) is 0.340. The number of hydrogen-bond acceptors (Lipinski definition) is 2. The third kappa shape index (κ3) is 4.58. The molecular weight excluding hydrogens is 467 g/mol. The minimum absolute atomic E-state index is 0. The Bertz CT molecular complexity index is 1360. The Hall–Kier alpha value is -1.87. The summed E-state index contributed by atoms with van der Waals surface area (Å²) in [6.45, 7) is 8.11. The molecule has 0 amide bonds. The third-order valence-corrected chi connectivity index (χ3v) is 5.65. The van der Waals surface area contributed by atoms with E-state index in [1.807, 2.05) is 6.92 Å². The molecule has 0 aliphatic carbocycles. The zero-order valence-electron chi connectivity index (χ0n) is 20.1. The first-order valence-electron chi connectivity index (χ1n) is 9.89. The van der Waals surface area contributed by atoms with Crippen LogP contribution in [0.25, 0.3) is 33.7 Å². The van der Waals surface area contributed by atoms with Gasteiger partial charge in [0.1, 0.15) is 17.0 Å². The molecule has 1 N–H and O–H groups in total. The van der Waals surface area contributed by atoms with Gasteiger partial charge in [-0.05, 0) is 36.8 Å². The smallest absolute Gasteiger partial charge is 1.00 e. The van der Waals surface area contributed by atoms with Crippen LogP contribution in [-0.4, -0.2) is 19.7 Å². The molecular formula is C23H22ClF4N4Na. The summed E-state index contributed by atoms with van der Waals surface area (Å²) in [7, 11) is 1.80. The molecule has 0 saturated carbocycles. The second-order valence-electron chi connectivity index (χ2n) is 8.80. The van der Waals surface area contributed by atoms with E-state index in [4.69, 9.17) is 11.6 Å². The molecule has 0 aliphatic heterocycles. The van der Waals surface area contributed by atoms with Crippen LogP contribution in [0.15, 0.2) is 30.3 Å². The van der Waals surface area contributed by atoms with Gasteiger partial charge in [0, 0.05) is 23.6 Å². The number of nitrogens with one attached hydrogen (secondary N) is 1. The van der Waals surface area contributed by atoms with Crippen molar-refractivity contribution in [2.45, 2.75) is 39.3 Å². The van der Waals surface area contributed by atoms with Gasteiger partial charge in [-0.2, -0.15) is 18.3 Å². The number of aromatic amines is 1. The second kappa shape index (κ2) is 8.73. The largest absolute Gasteiger partial charge is 1.00 e. The van der Waals surface area contributed by atoms with Crippen LogP contribution in [0.5, 0.6) is 0 Å². The maximum Gasteiger partial charge on any atom is 1.00 e. The Morgan fingerprint density at radius 1 is 1.12 bits per heavy atom. The summed E-state index contributed by atoms with van der Waals surface area (Å²) < 4.78 is 56.8. The Balaban J connectivity index is 0.00000204. The van der Waals surface area contributed by atoms with Crippen molar-refractivity contribution < 1.29 is 48.5 Å². The van der Waals surface area contributed by atoms with Crippen LogP contribution in [0, 0.1) is 12.7 Å². The third-order valence-electron chi connectivity index (χ3n) is 5.37. The summed E-state index contributed by atoms with van der Waals surface area (Å²) in [4.78, 5) is 7.69. The molecule has 2 heterocycles. The first kappa shape index (κ1) is 25.7. The predicted molar refractivity (Wildman–Crippen MR) is 118 cm³/mol. The number of fused-ring (bicyclic) bond motifs is 1. The molecule has 0 radical (unpaired) electrons. The first-order chi connectivity index (χ1) is 14.8. The van der Waals surface area contributed by atoms with Crippen LogP contribution in [0.1, 0.15) is 39.0 Å². The molecule has 2 aromatic carbocycles. The maximum atomic E-state index is 14.5. The Kier molecular flexibility index (Phi) is 6.81. The standard InChI is InChI=1S/C23H21ClF4N4.Na.H/c1-11-19(32(5)31-20(11)22(2,3)4)21-29-16-10-12(9-14(24)18(16)30-21)17-13(23(26,27)28)7-6-8-15(17)25;;/h6-10H,1-5H3,(H,29,30);;/q;+1;-1. The average molecular weight is 489 g/mol. The fraction of sp³-hybridized carbons (Fsp3) is 0.304. The summed E-state index contributed by atoms with van der Waals surface area (Å²) in [5.74, 6) is -0.501. The van der Waals surface area contributed by atoms with E-state index in [0.29, 0.717) is 16.9 Å². The fourth-order valence-electron chi connectivity index (χ4n) is 4.06. The molecule has 2 aromatic heterocycles. The van der Waals surface area contributed by atoms with Crippen LogP contribution in [0.2, 0.25) is 5.02 Å². The Morgan fingerprint density at radius 3 is 2.36 bits per heavy atom. The molecule has 0 atom stereocenters. The fourth-order valence-corrected chi connectivity index (χ4v) is 4.32. The van der Waals surface area contributed by atoms with E-state index in [1.165, 1.54) is 12.1 Å². The molecule has 0 spiro atoms. The van der Waals surface area contributed by atoms with Crippen molar-refractivity contribution in [1.82, 2.24) is 19.7 Å². The van der Waals surface area contributed by atoms with Crippen LogP contribution in [0.3, 0.4) is 0 Å². The monoisotopic (exact) mass is 488 g/mol. The van der Waals surface area contributed by atoms with Crippen molar-refractivity contribution in [1.29, 1.82) is 0 Å². The summed E-state index contributed by atoms with van der Waals surface area (Å²) in [6, 6.07) is 5.62. The maximum absolute atomic E-state index is 14.5. The number of benzene rings is 2. The van der Waals surface area contributed by atoms with E-state index in [0.717, 1.165) is 35.2 Å². The summed E-state index contributed by atoms with van der Waals surface area (Å²) in [5, 5.41) is 4.73. The van der Waals surface area contributed by atoms with Crippen LogP contribution in [-0.2, 0) is 18.6 Å². The van der Waals surface area contributed by atoms with Crippen LogP contribution >= 0.6 is 11.6 Å². The van der Waals surface area contributed by atoms with E-state index in [1.54, 1.807) is 11.7 Å². The number of alkyl halides is 3. The Labute approximate surface area is 217 Å². The molecule has 0 unspecified atom stereocenters. The number of imidazole rings is 1. The molecule has 4 rings (SSSR count). The molecule has 10 heteroatoms. The minimum Gasteiger partial charge on any atom is -1.00 e. The van der Waals surface area contributed by atoms with Gasteiger partial charge >= 0.3 is 35.7 Å². The van der Waals surface area contributed by atoms with E-state index in [2.05, 4.69) is 35.8 Å². The summed E-state index contributed by atoms with van der Waals surface area (Å²) in [6.07, 6.45) is -4.72.